The second kappa shape index (κ2) is 5.81. The topological polar surface area (TPSA) is 37.4 Å². The van der Waals surface area contributed by atoms with Crippen molar-refractivity contribution >= 4 is 31.6 Å². The van der Waals surface area contributed by atoms with E-state index in [9.17, 15) is 8.42 Å². The third-order valence-corrected chi connectivity index (χ3v) is 6.04. The van der Waals surface area contributed by atoms with Crippen molar-refractivity contribution in [3.8, 4) is 0 Å². The number of rotatable bonds is 5. The minimum Gasteiger partial charge on any atom is -0.265 e. The van der Waals surface area contributed by atoms with Crippen LogP contribution in [0.4, 0.5) is 5.69 Å². The molecule has 2 aromatic carbocycles. The fourth-order valence-corrected chi connectivity index (χ4v) is 4.43. The molecule has 3 nitrogen and oxygen atoms in total. The largest absolute Gasteiger partial charge is 0.265 e. The first-order valence-electron chi connectivity index (χ1n) is 6.91. The van der Waals surface area contributed by atoms with Crippen LogP contribution in [0.5, 0.6) is 0 Å². The van der Waals surface area contributed by atoms with Gasteiger partial charge in [0.2, 0.25) is 0 Å². The zero-order valence-corrected chi connectivity index (χ0v) is 13.8. The van der Waals surface area contributed by atoms with Gasteiger partial charge >= 0.3 is 0 Å². The van der Waals surface area contributed by atoms with Gasteiger partial charge in [-0.25, -0.2) is 8.42 Å². The van der Waals surface area contributed by atoms with E-state index >= 15 is 0 Å². The second-order valence-corrected chi connectivity index (χ2v) is 7.96. The summed E-state index contributed by atoms with van der Waals surface area (Å²) in [6.45, 7) is 0.542. The van der Waals surface area contributed by atoms with Crippen molar-refractivity contribution in [2.24, 2.45) is 5.92 Å². The van der Waals surface area contributed by atoms with Crippen LogP contribution in [0.1, 0.15) is 12.8 Å². The number of hydrogen-bond acceptors (Lipinski definition) is 2. The van der Waals surface area contributed by atoms with E-state index in [2.05, 4.69) is 15.9 Å². The summed E-state index contributed by atoms with van der Waals surface area (Å²) >= 11 is 3.47. The van der Waals surface area contributed by atoms with E-state index in [1.54, 1.807) is 24.3 Å². The van der Waals surface area contributed by atoms with Crippen LogP contribution in [-0.4, -0.2) is 15.0 Å². The van der Waals surface area contributed by atoms with Crippen LogP contribution >= 0.6 is 15.9 Å². The zero-order chi connectivity index (χ0) is 14.9. The molecular formula is C16H16BrNO2S. The molecule has 0 spiro atoms. The fraction of sp³-hybridized carbons (Fsp3) is 0.250. The molecule has 2 aromatic rings. The second-order valence-electron chi connectivity index (χ2n) is 5.24. The predicted octanol–water partition coefficient (Wildman–Crippen LogP) is 4.05. The number of anilines is 1. The maximum absolute atomic E-state index is 13.0. The lowest BCUT2D eigenvalue weighted by atomic mass is 10.3. The molecule has 1 aliphatic carbocycles. The van der Waals surface area contributed by atoms with Crippen LogP contribution in [-0.2, 0) is 10.0 Å². The van der Waals surface area contributed by atoms with Crippen LogP contribution in [0.15, 0.2) is 64.0 Å². The van der Waals surface area contributed by atoms with Crippen molar-refractivity contribution in [2.75, 3.05) is 10.8 Å². The molecule has 1 fully saturated rings. The summed E-state index contributed by atoms with van der Waals surface area (Å²) in [5, 5.41) is 0. The van der Waals surface area contributed by atoms with Gasteiger partial charge < -0.3 is 0 Å². The van der Waals surface area contributed by atoms with Gasteiger partial charge in [-0.2, -0.15) is 0 Å². The van der Waals surface area contributed by atoms with Gasteiger partial charge in [0.05, 0.1) is 10.6 Å². The number of nitrogens with zero attached hydrogens (tertiary/aromatic N) is 1. The molecule has 1 aliphatic rings. The molecule has 0 saturated heterocycles. The maximum atomic E-state index is 13.0. The summed E-state index contributed by atoms with van der Waals surface area (Å²) in [6.07, 6.45) is 2.20. The molecule has 0 atom stereocenters. The third kappa shape index (κ3) is 3.14. The predicted molar refractivity (Wildman–Crippen MR) is 87.8 cm³/mol. The third-order valence-electron chi connectivity index (χ3n) is 3.57. The molecule has 3 rings (SSSR count). The van der Waals surface area contributed by atoms with E-state index in [-0.39, 0.29) is 0 Å². The molecule has 21 heavy (non-hydrogen) atoms. The quantitative estimate of drug-likeness (QED) is 0.801. The number of para-hydroxylation sites is 1. The molecule has 110 valence electrons. The Morgan fingerprint density at radius 2 is 1.62 bits per heavy atom. The van der Waals surface area contributed by atoms with E-state index in [0.29, 0.717) is 23.0 Å². The van der Waals surface area contributed by atoms with Gasteiger partial charge in [-0.15, -0.1) is 0 Å². The lowest BCUT2D eigenvalue weighted by Gasteiger charge is -2.25. The van der Waals surface area contributed by atoms with E-state index in [1.807, 2.05) is 30.3 Å². The van der Waals surface area contributed by atoms with Gasteiger partial charge in [0.1, 0.15) is 0 Å². The maximum Gasteiger partial charge on any atom is 0.264 e. The van der Waals surface area contributed by atoms with E-state index < -0.39 is 10.0 Å². The Hall–Kier alpha value is -1.33. The van der Waals surface area contributed by atoms with E-state index in [1.165, 1.54) is 4.31 Å². The highest BCUT2D eigenvalue weighted by Crippen LogP contribution is 2.36. The van der Waals surface area contributed by atoms with Gasteiger partial charge in [-0.1, -0.05) is 30.3 Å². The first-order valence-corrected chi connectivity index (χ1v) is 9.14. The standard InChI is InChI=1S/C16H16BrNO2S/c17-15-8-4-5-9-16(15)18(12-13-10-11-13)21(19,20)14-6-2-1-3-7-14/h1-9,13H,10-12H2. The number of benzene rings is 2. The number of hydrogen-bond donors (Lipinski definition) is 0. The highest BCUT2D eigenvalue weighted by Gasteiger charge is 2.32. The van der Waals surface area contributed by atoms with Crippen molar-refractivity contribution in [3.05, 3.63) is 59.1 Å². The van der Waals surface area contributed by atoms with Crippen molar-refractivity contribution in [2.45, 2.75) is 17.7 Å². The molecule has 0 aliphatic heterocycles. The van der Waals surface area contributed by atoms with Crippen LogP contribution in [0, 0.1) is 5.92 Å². The van der Waals surface area contributed by atoms with Crippen LogP contribution in [0.3, 0.4) is 0 Å². The molecule has 5 heteroatoms. The first kappa shape index (κ1) is 14.6. The van der Waals surface area contributed by atoms with Crippen LogP contribution < -0.4 is 4.31 Å². The first-order chi connectivity index (χ1) is 10.1. The highest BCUT2D eigenvalue weighted by molar-refractivity contribution is 9.10. The Morgan fingerprint density at radius 1 is 1.00 bits per heavy atom. The van der Waals surface area contributed by atoms with Crippen molar-refractivity contribution in [1.82, 2.24) is 0 Å². The van der Waals surface area contributed by atoms with Gasteiger partial charge in [-0.3, -0.25) is 4.31 Å². The molecule has 1 saturated carbocycles. The van der Waals surface area contributed by atoms with Gasteiger partial charge in [-0.05, 0) is 59.0 Å². The lowest BCUT2D eigenvalue weighted by molar-refractivity contribution is 0.588. The van der Waals surface area contributed by atoms with Crippen molar-refractivity contribution in [1.29, 1.82) is 0 Å². The minimum absolute atomic E-state index is 0.335. The highest BCUT2D eigenvalue weighted by atomic mass is 79.9. The molecule has 0 heterocycles. The van der Waals surface area contributed by atoms with Gasteiger partial charge in [0.15, 0.2) is 0 Å². The Morgan fingerprint density at radius 3 is 2.24 bits per heavy atom. The summed E-state index contributed by atoms with van der Waals surface area (Å²) in [4.78, 5) is 0.335. The molecule has 0 radical (unpaired) electrons. The van der Waals surface area contributed by atoms with Gasteiger partial charge in [0, 0.05) is 11.0 Å². The number of sulfonamides is 1. The Balaban J connectivity index is 2.05. The molecule has 0 amide bonds. The summed E-state index contributed by atoms with van der Waals surface area (Å²) in [5.74, 6) is 0.468. The van der Waals surface area contributed by atoms with E-state index in [4.69, 9.17) is 0 Å². The van der Waals surface area contributed by atoms with E-state index in [0.717, 1.165) is 17.3 Å². The monoisotopic (exact) mass is 365 g/mol. The Kier molecular flexibility index (Phi) is 4.04. The van der Waals surface area contributed by atoms with Crippen molar-refractivity contribution in [3.63, 3.8) is 0 Å². The molecule has 0 N–H and O–H groups in total. The van der Waals surface area contributed by atoms with Crippen LogP contribution in [0.2, 0.25) is 0 Å². The minimum atomic E-state index is -3.53. The Labute approximate surface area is 133 Å². The smallest absolute Gasteiger partial charge is 0.264 e. The normalized spacial score (nSPS) is 14.9. The average Bonchev–Trinajstić information content (AvgIpc) is 3.31. The summed E-state index contributed by atoms with van der Waals surface area (Å²) in [5.41, 5.74) is 0.702. The molecule has 0 bridgehead atoms. The molecule has 0 aromatic heterocycles. The lowest BCUT2D eigenvalue weighted by Crippen LogP contribution is -2.33. The Bertz CT molecular complexity index is 727. The summed E-state index contributed by atoms with van der Waals surface area (Å²) in [6, 6.07) is 16.1. The molecule has 0 unspecified atom stereocenters. The van der Waals surface area contributed by atoms with Crippen molar-refractivity contribution < 1.29 is 8.42 Å². The summed E-state index contributed by atoms with van der Waals surface area (Å²) < 4.78 is 28.2. The van der Waals surface area contributed by atoms with Crippen LogP contribution in [0.25, 0.3) is 0 Å². The summed E-state index contributed by atoms with van der Waals surface area (Å²) in [7, 11) is -3.53. The SMILES string of the molecule is O=S(=O)(c1ccccc1)N(CC1CC1)c1ccccc1Br. The van der Waals surface area contributed by atoms with Gasteiger partial charge in [0.25, 0.3) is 10.0 Å². The zero-order valence-electron chi connectivity index (χ0n) is 11.4. The number of halogens is 1. The average molecular weight is 366 g/mol. The molecular weight excluding hydrogens is 350 g/mol. The fourth-order valence-electron chi connectivity index (χ4n) is 2.23.